The molecule has 162 valence electrons. The van der Waals surface area contributed by atoms with Gasteiger partial charge in [-0.3, -0.25) is 9.48 Å². The van der Waals surface area contributed by atoms with Crippen molar-refractivity contribution >= 4 is 17.5 Å². The van der Waals surface area contributed by atoms with Gasteiger partial charge in [0.25, 0.3) is 5.91 Å². The zero-order valence-electron chi connectivity index (χ0n) is 18.0. The lowest BCUT2D eigenvalue weighted by Crippen LogP contribution is -2.42. The van der Waals surface area contributed by atoms with Gasteiger partial charge in [-0.15, -0.1) is 0 Å². The van der Waals surface area contributed by atoms with Crippen LogP contribution >= 0.6 is 11.6 Å². The Morgan fingerprint density at radius 2 is 1.90 bits per heavy atom. The normalized spacial score (nSPS) is 12.4. The maximum absolute atomic E-state index is 12.6. The Morgan fingerprint density at radius 1 is 1.21 bits per heavy atom. The standard InChI is InChI=1S/C22H35ClN4O2/c1-4-6-8-12-26(13-9-7-5-2)15-18(3)25-22(28)21-11-10-20(29-21)17-27-16-19(23)14-24-27/h10-11,14,16,18H,4-9,12-13,15,17H2,1-3H3,(H,25,28). The van der Waals surface area contributed by atoms with Crippen molar-refractivity contribution in [3.05, 3.63) is 41.1 Å². The summed E-state index contributed by atoms with van der Waals surface area (Å²) < 4.78 is 7.37. The first-order chi connectivity index (χ1) is 14.0. The van der Waals surface area contributed by atoms with Crippen LogP contribution in [0.1, 0.15) is 75.6 Å². The Morgan fingerprint density at radius 3 is 2.48 bits per heavy atom. The number of amides is 1. The molecule has 29 heavy (non-hydrogen) atoms. The highest BCUT2D eigenvalue weighted by Gasteiger charge is 2.16. The largest absolute Gasteiger partial charge is 0.454 e. The molecule has 0 bridgehead atoms. The van der Waals surface area contributed by atoms with E-state index in [0.29, 0.717) is 23.1 Å². The molecule has 1 unspecified atom stereocenters. The highest BCUT2D eigenvalue weighted by molar-refractivity contribution is 6.30. The Hall–Kier alpha value is -1.79. The number of furan rings is 1. The van der Waals surface area contributed by atoms with Crippen LogP contribution in [0, 0.1) is 0 Å². The van der Waals surface area contributed by atoms with Gasteiger partial charge in [0, 0.05) is 18.8 Å². The highest BCUT2D eigenvalue weighted by Crippen LogP contribution is 2.12. The van der Waals surface area contributed by atoms with E-state index in [4.69, 9.17) is 16.0 Å². The summed E-state index contributed by atoms with van der Waals surface area (Å²) in [7, 11) is 0. The van der Waals surface area contributed by atoms with E-state index in [1.807, 2.05) is 0 Å². The van der Waals surface area contributed by atoms with Crippen molar-refractivity contribution < 1.29 is 9.21 Å². The second-order valence-corrected chi connectivity index (χ2v) is 8.15. The van der Waals surface area contributed by atoms with Crippen LogP contribution in [-0.4, -0.2) is 46.3 Å². The van der Waals surface area contributed by atoms with Crippen LogP contribution in [0.2, 0.25) is 5.02 Å². The second-order valence-electron chi connectivity index (χ2n) is 7.71. The van der Waals surface area contributed by atoms with E-state index in [9.17, 15) is 4.79 Å². The predicted molar refractivity (Wildman–Crippen MR) is 117 cm³/mol. The molecule has 1 atom stereocenters. The molecule has 0 spiro atoms. The third-order valence-electron chi connectivity index (χ3n) is 4.87. The molecule has 0 radical (unpaired) electrons. The van der Waals surface area contributed by atoms with Crippen LogP contribution in [0.3, 0.4) is 0 Å². The predicted octanol–water partition coefficient (Wildman–Crippen LogP) is 4.98. The minimum atomic E-state index is -0.177. The number of nitrogens with zero attached hydrogens (tertiary/aromatic N) is 3. The minimum absolute atomic E-state index is 0.0595. The maximum atomic E-state index is 12.6. The molecule has 0 fully saturated rings. The number of rotatable bonds is 14. The molecular formula is C22H35ClN4O2. The van der Waals surface area contributed by atoms with E-state index in [1.165, 1.54) is 38.5 Å². The molecule has 6 nitrogen and oxygen atoms in total. The van der Waals surface area contributed by atoms with Crippen LogP contribution in [0.15, 0.2) is 28.9 Å². The lowest BCUT2D eigenvalue weighted by atomic mass is 10.2. The monoisotopic (exact) mass is 422 g/mol. The van der Waals surface area contributed by atoms with Crippen molar-refractivity contribution in [3.63, 3.8) is 0 Å². The summed E-state index contributed by atoms with van der Waals surface area (Å²) in [6, 6.07) is 3.57. The first-order valence-electron chi connectivity index (χ1n) is 10.8. The molecule has 2 heterocycles. The average Bonchev–Trinajstić information content (AvgIpc) is 3.31. The van der Waals surface area contributed by atoms with E-state index in [-0.39, 0.29) is 11.9 Å². The van der Waals surface area contributed by atoms with Gasteiger partial charge in [-0.25, -0.2) is 0 Å². The molecule has 0 aliphatic rings. The quantitative estimate of drug-likeness (QED) is 0.436. The Bertz CT molecular complexity index is 718. The summed E-state index contributed by atoms with van der Waals surface area (Å²) >= 11 is 5.88. The molecule has 0 saturated carbocycles. The van der Waals surface area contributed by atoms with Crippen molar-refractivity contribution in [3.8, 4) is 0 Å². The number of carbonyl (C=O) groups excluding carboxylic acids is 1. The zero-order valence-corrected chi connectivity index (χ0v) is 18.7. The number of hydrogen-bond acceptors (Lipinski definition) is 4. The first-order valence-corrected chi connectivity index (χ1v) is 11.2. The number of nitrogens with one attached hydrogen (secondary N) is 1. The van der Waals surface area contributed by atoms with Gasteiger partial charge >= 0.3 is 0 Å². The summed E-state index contributed by atoms with van der Waals surface area (Å²) in [4.78, 5) is 15.0. The van der Waals surface area contributed by atoms with Crippen molar-refractivity contribution in [2.24, 2.45) is 0 Å². The van der Waals surface area contributed by atoms with Crippen molar-refractivity contribution in [2.45, 2.75) is 71.9 Å². The van der Waals surface area contributed by atoms with Gasteiger partial charge in [0.05, 0.1) is 17.8 Å². The second kappa shape index (κ2) is 12.7. The van der Waals surface area contributed by atoms with E-state index < -0.39 is 0 Å². The Kier molecular flexibility index (Phi) is 10.3. The van der Waals surface area contributed by atoms with Crippen LogP contribution in [0.4, 0.5) is 0 Å². The van der Waals surface area contributed by atoms with E-state index in [1.54, 1.807) is 29.2 Å². The van der Waals surface area contributed by atoms with Crippen LogP contribution in [-0.2, 0) is 6.54 Å². The SMILES string of the molecule is CCCCCN(CCCCC)CC(C)NC(=O)c1ccc(Cn2cc(Cl)cn2)o1. The summed E-state index contributed by atoms with van der Waals surface area (Å²) in [5, 5.41) is 7.77. The van der Waals surface area contributed by atoms with Crippen LogP contribution < -0.4 is 5.32 Å². The smallest absolute Gasteiger partial charge is 0.287 e. The number of halogens is 1. The third-order valence-corrected chi connectivity index (χ3v) is 5.07. The fraction of sp³-hybridized carbons (Fsp3) is 0.636. The molecule has 2 aromatic rings. The molecule has 7 heteroatoms. The van der Waals surface area contributed by atoms with Crippen LogP contribution in [0.5, 0.6) is 0 Å². The average molecular weight is 423 g/mol. The fourth-order valence-electron chi connectivity index (χ4n) is 3.36. The van der Waals surface area contributed by atoms with Crippen molar-refractivity contribution in [1.29, 1.82) is 0 Å². The summed E-state index contributed by atoms with van der Waals surface area (Å²) in [5.41, 5.74) is 0. The molecular weight excluding hydrogens is 388 g/mol. The summed E-state index contributed by atoms with van der Waals surface area (Å²) in [5.74, 6) is 0.821. The van der Waals surface area contributed by atoms with Gasteiger partial charge in [0.1, 0.15) is 5.76 Å². The van der Waals surface area contributed by atoms with Crippen molar-refractivity contribution in [1.82, 2.24) is 20.0 Å². The van der Waals surface area contributed by atoms with Crippen molar-refractivity contribution in [2.75, 3.05) is 19.6 Å². The summed E-state index contributed by atoms with van der Waals surface area (Å²) in [6.07, 6.45) is 10.7. The minimum Gasteiger partial charge on any atom is -0.454 e. The number of hydrogen-bond donors (Lipinski definition) is 1. The van der Waals surface area contributed by atoms with Gasteiger partial charge in [0.2, 0.25) is 0 Å². The van der Waals surface area contributed by atoms with E-state index in [2.05, 4.69) is 36.1 Å². The van der Waals surface area contributed by atoms with Gasteiger partial charge in [-0.05, 0) is 45.0 Å². The lowest BCUT2D eigenvalue weighted by Gasteiger charge is -2.26. The Balaban J connectivity index is 1.83. The highest BCUT2D eigenvalue weighted by atomic mass is 35.5. The van der Waals surface area contributed by atoms with E-state index >= 15 is 0 Å². The number of unbranched alkanes of at least 4 members (excludes halogenated alkanes) is 4. The zero-order chi connectivity index (χ0) is 21.1. The molecule has 0 aliphatic heterocycles. The third kappa shape index (κ3) is 8.62. The van der Waals surface area contributed by atoms with Gasteiger partial charge < -0.3 is 14.6 Å². The molecule has 0 aliphatic carbocycles. The summed E-state index contributed by atoms with van der Waals surface area (Å²) in [6.45, 7) is 9.99. The fourth-order valence-corrected chi connectivity index (χ4v) is 3.52. The first kappa shape index (κ1) is 23.5. The van der Waals surface area contributed by atoms with Crippen LogP contribution in [0.25, 0.3) is 0 Å². The van der Waals surface area contributed by atoms with Gasteiger partial charge in [-0.1, -0.05) is 51.1 Å². The maximum Gasteiger partial charge on any atom is 0.287 e. The molecule has 1 amide bonds. The molecule has 0 saturated heterocycles. The molecule has 2 aromatic heterocycles. The number of aromatic nitrogens is 2. The number of carbonyl (C=O) groups is 1. The molecule has 2 rings (SSSR count). The lowest BCUT2D eigenvalue weighted by molar-refractivity contribution is 0.0898. The van der Waals surface area contributed by atoms with Gasteiger partial charge in [-0.2, -0.15) is 5.10 Å². The van der Waals surface area contributed by atoms with Gasteiger partial charge in [0.15, 0.2) is 5.76 Å². The molecule has 0 aromatic carbocycles. The Labute approximate surface area is 179 Å². The topological polar surface area (TPSA) is 63.3 Å². The molecule has 1 N–H and O–H groups in total. The van der Waals surface area contributed by atoms with E-state index in [0.717, 1.165) is 19.6 Å².